The van der Waals surface area contributed by atoms with E-state index in [-0.39, 0.29) is 12.4 Å². The predicted molar refractivity (Wildman–Crippen MR) is 57.5 cm³/mol. The van der Waals surface area contributed by atoms with Crippen LogP contribution in [0.1, 0.15) is 30.9 Å². The first-order valence-electron chi connectivity index (χ1n) is 4.26. The smallest absolute Gasteiger partial charge is 0.124 e. The van der Waals surface area contributed by atoms with Gasteiger partial charge < -0.3 is 4.79 Å². The lowest BCUT2D eigenvalue weighted by molar-refractivity contribution is -0.107. The zero-order valence-electron chi connectivity index (χ0n) is 7.99. The molecule has 0 N–H and O–H groups in total. The highest BCUT2D eigenvalue weighted by Crippen LogP contribution is 2.14. The number of hydrogen-bond acceptors (Lipinski definition) is 1. The third kappa shape index (κ3) is 3.60. The fraction of sp³-hybridized carbons (Fsp3) is 0.364. The van der Waals surface area contributed by atoms with Gasteiger partial charge in [0.05, 0.1) is 0 Å². The Hall–Kier alpha value is -0.820. The number of carbonyl (C=O) groups excluding carboxylic acids is 1. The first kappa shape index (κ1) is 12.2. The summed E-state index contributed by atoms with van der Waals surface area (Å²) in [4.78, 5) is 10.2. The maximum absolute atomic E-state index is 10.2. The molecule has 0 amide bonds. The molecule has 1 rings (SSSR count). The largest absolute Gasteiger partial charge is 0.303 e. The Morgan fingerprint density at radius 3 is 2.15 bits per heavy atom. The van der Waals surface area contributed by atoms with Gasteiger partial charge in [-0.05, 0) is 17.0 Å². The maximum atomic E-state index is 10.2. The van der Waals surface area contributed by atoms with Gasteiger partial charge in [0.1, 0.15) is 6.29 Å². The van der Waals surface area contributed by atoms with E-state index in [1.807, 2.05) is 12.1 Å². The van der Waals surface area contributed by atoms with Crippen LogP contribution in [0.3, 0.4) is 0 Å². The Balaban J connectivity index is 0.00000144. The minimum atomic E-state index is 0. The molecule has 1 aromatic carbocycles. The van der Waals surface area contributed by atoms with Gasteiger partial charge in [-0.15, -0.1) is 12.4 Å². The lowest BCUT2D eigenvalue weighted by Crippen LogP contribution is -1.89. The van der Waals surface area contributed by atoms with E-state index >= 15 is 0 Å². The van der Waals surface area contributed by atoms with Gasteiger partial charge in [-0.1, -0.05) is 38.1 Å². The van der Waals surface area contributed by atoms with Crippen molar-refractivity contribution in [3.8, 4) is 0 Å². The Morgan fingerprint density at radius 2 is 1.77 bits per heavy atom. The van der Waals surface area contributed by atoms with Crippen LogP contribution in [0.5, 0.6) is 0 Å². The molecule has 0 aliphatic rings. The summed E-state index contributed by atoms with van der Waals surface area (Å²) in [5.41, 5.74) is 2.42. The second-order valence-electron chi connectivity index (χ2n) is 3.27. The number of hydrogen-bond donors (Lipinski definition) is 0. The average Bonchev–Trinajstić information content (AvgIpc) is 2.06. The first-order chi connectivity index (χ1) is 5.74. The van der Waals surface area contributed by atoms with Crippen molar-refractivity contribution < 1.29 is 4.79 Å². The summed E-state index contributed by atoms with van der Waals surface area (Å²) in [7, 11) is 0. The van der Waals surface area contributed by atoms with E-state index < -0.39 is 0 Å². The molecular weight excluding hydrogens is 184 g/mol. The lowest BCUT2D eigenvalue weighted by atomic mass is 10.0. The van der Waals surface area contributed by atoms with Crippen LogP contribution in [0.4, 0.5) is 0 Å². The molecule has 0 heterocycles. The molecule has 0 unspecified atom stereocenters. The molecule has 2 heteroatoms. The first-order valence-corrected chi connectivity index (χ1v) is 4.26. The van der Waals surface area contributed by atoms with Gasteiger partial charge in [0.15, 0.2) is 0 Å². The molecule has 1 nitrogen and oxygen atoms in total. The molecule has 1 aromatic rings. The fourth-order valence-corrected chi connectivity index (χ4v) is 1.13. The van der Waals surface area contributed by atoms with Crippen molar-refractivity contribution in [3.63, 3.8) is 0 Å². The Kier molecular flexibility index (Phi) is 5.40. The zero-order chi connectivity index (χ0) is 8.97. The zero-order valence-corrected chi connectivity index (χ0v) is 8.80. The van der Waals surface area contributed by atoms with Crippen LogP contribution >= 0.6 is 12.4 Å². The molecule has 0 saturated carbocycles. The fourth-order valence-electron chi connectivity index (χ4n) is 1.13. The summed E-state index contributed by atoms with van der Waals surface area (Å²) in [5.74, 6) is 0.565. The molecule has 0 bridgehead atoms. The van der Waals surface area contributed by atoms with E-state index in [1.54, 1.807) is 0 Å². The number of carbonyl (C=O) groups is 1. The SMILES string of the molecule is CC(C)c1ccc(CC=O)cc1.Cl. The number of rotatable bonds is 3. The van der Waals surface area contributed by atoms with Crippen LogP contribution < -0.4 is 0 Å². The van der Waals surface area contributed by atoms with Crippen LogP contribution in [-0.2, 0) is 11.2 Å². The molecule has 0 aliphatic carbocycles. The molecule has 0 aliphatic heterocycles. The molecule has 13 heavy (non-hydrogen) atoms. The summed E-state index contributed by atoms with van der Waals surface area (Å²) in [6.45, 7) is 4.32. The Labute approximate surface area is 85.6 Å². The van der Waals surface area contributed by atoms with E-state index in [2.05, 4.69) is 26.0 Å². The van der Waals surface area contributed by atoms with Crippen LogP contribution in [0.25, 0.3) is 0 Å². The van der Waals surface area contributed by atoms with E-state index in [0.29, 0.717) is 12.3 Å². The van der Waals surface area contributed by atoms with Crippen molar-refractivity contribution in [1.29, 1.82) is 0 Å². The van der Waals surface area contributed by atoms with Crippen molar-refractivity contribution >= 4 is 18.7 Å². The molecule has 0 atom stereocenters. The highest BCUT2D eigenvalue weighted by atomic mass is 35.5. The summed E-state index contributed by atoms with van der Waals surface area (Å²) in [5, 5.41) is 0. The van der Waals surface area contributed by atoms with E-state index in [4.69, 9.17) is 0 Å². The number of aldehydes is 1. The standard InChI is InChI=1S/C11H14O.ClH/c1-9(2)11-5-3-10(4-6-11)7-8-12;/h3-6,8-9H,7H2,1-2H3;1H. The number of halogens is 1. The minimum Gasteiger partial charge on any atom is -0.303 e. The topological polar surface area (TPSA) is 17.1 Å². The molecular formula is C11H15ClO. The van der Waals surface area contributed by atoms with Gasteiger partial charge in [0, 0.05) is 6.42 Å². The minimum absolute atomic E-state index is 0. The molecule has 0 fully saturated rings. The van der Waals surface area contributed by atoms with Gasteiger partial charge in [-0.2, -0.15) is 0 Å². The third-order valence-electron chi connectivity index (χ3n) is 1.97. The highest BCUT2D eigenvalue weighted by molar-refractivity contribution is 5.85. The highest BCUT2D eigenvalue weighted by Gasteiger charge is 1.97. The Morgan fingerprint density at radius 1 is 1.23 bits per heavy atom. The molecule has 0 saturated heterocycles. The van der Waals surface area contributed by atoms with Crippen molar-refractivity contribution in [2.75, 3.05) is 0 Å². The van der Waals surface area contributed by atoms with Gasteiger partial charge in [-0.25, -0.2) is 0 Å². The third-order valence-corrected chi connectivity index (χ3v) is 1.97. The lowest BCUT2D eigenvalue weighted by Gasteiger charge is -2.04. The second-order valence-corrected chi connectivity index (χ2v) is 3.27. The monoisotopic (exact) mass is 198 g/mol. The van der Waals surface area contributed by atoms with Gasteiger partial charge >= 0.3 is 0 Å². The summed E-state index contributed by atoms with van der Waals surface area (Å²) in [6, 6.07) is 8.21. The van der Waals surface area contributed by atoms with Crippen LogP contribution in [0.2, 0.25) is 0 Å². The van der Waals surface area contributed by atoms with Crippen molar-refractivity contribution in [2.45, 2.75) is 26.2 Å². The average molecular weight is 199 g/mol. The van der Waals surface area contributed by atoms with Gasteiger partial charge in [0.2, 0.25) is 0 Å². The molecule has 0 spiro atoms. The normalized spacial score (nSPS) is 9.46. The van der Waals surface area contributed by atoms with Gasteiger partial charge in [-0.3, -0.25) is 0 Å². The van der Waals surface area contributed by atoms with Crippen LogP contribution in [0.15, 0.2) is 24.3 Å². The molecule has 0 aromatic heterocycles. The van der Waals surface area contributed by atoms with Gasteiger partial charge in [0.25, 0.3) is 0 Å². The predicted octanol–water partition coefficient (Wildman–Crippen LogP) is 2.97. The second kappa shape index (κ2) is 5.76. The molecule has 72 valence electrons. The van der Waals surface area contributed by atoms with E-state index in [1.165, 1.54) is 5.56 Å². The van der Waals surface area contributed by atoms with Crippen molar-refractivity contribution in [1.82, 2.24) is 0 Å². The molecule has 0 radical (unpaired) electrons. The van der Waals surface area contributed by atoms with Crippen molar-refractivity contribution in [3.05, 3.63) is 35.4 Å². The van der Waals surface area contributed by atoms with Crippen molar-refractivity contribution in [2.24, 2.45) is 0 Å². The van der Waals surface area contributed by atoms with E-state index in [0.717, 1.165) is 11.8 Å². The summed E-state index contributed by atoms with van der Waals surface area (Å²) in [6.07, 6.45) is 1.46. The number of benzene rings is 1. The Bertz CT molecular complexity index is 251. The summed E-state index contributed by atoms with van der Waals surface area (Å²) < 4.78 is 0. The quantitative estimate of drug-likeness (QED) is 0.683. The maximum Gasteiger partial charge on any atom is 0.124 e. The summed E-state index contributed by atoms with van der Waals surface area (Å²) >= 11 is 0. The van der Waals surface area contributed by atoms with Crippen LogP contribution in [-0.4, -0.2) is 6.29 Å². The van der Waals surface area contributed by atoms with E-state index in [9.17, 15) is 4.79 Å². The van der Waals surface area contributed by atoms with Crippen LogP contribution in [0, 0.1) is 0 Å².